The topological polar surface area (TPSA) is 0 Å². The predicted octanol–water partition coefficient (Wildman–Crippen LogP) is 7.66. The summed E-state index contributed by atoms with van der Waals surface area (Å²) < 4.78 is 0. The molecule has 0 unspecified atom stereocenters. The highest BCUT2D eigenvalue weighted by Gasteiger charge is 2.28. The minimum atomic E-state index is 0.518. The zero-order valence-electron chi connectivity index (χ0n) is 16.7. The van der Waals surface area contributed by atoms with Gasteiger partial charge in [-0.1, -0.05) is 91.8 Å². The van der Waals surface area contributed by atoms with Gasteiger partial charge in [-0.05, 0) is 67.2 Å². The van der Waals surface area contributed by atoms with Crippen LogP contribution in [0.1, 0.15) is 74.1 Å². The summed E-state index contributed by atoms with van der Waals surface area (Å²) >= 11 is 0. The van der Waals surface area contributed by atoms with Gasteiger partial charge in [0.25, 0.3) is 0 Å². The normalized spacial score (nSPS) is 19.0. The Bertz CT molecular complexity index is 809. The third-order valence-electron chi connectivity index (χ3n) is 6.46. The van der Waals surface area contributed by atoms with E-state index in [2.05, 4.69) is 63.2 Å². The largest absolute Gasteiger partial charge is 0.0646 e. The van der Waals surface area contributed by atoms with Gasteiger partial charge in [-0.3, -0.25) is 0 Å². The number of allylic oxidation sites excluding steroid dienone is 1. The van der Waals surface area contributed by atoms with Gasteiger partial charge < -0.3 is 0 Å². The van der Waals surface area contributed by atoms with Crippen molar-refractivity contribution in [2.45, 2.75) is 72.1 Å². The van der Waals surface area contributed by atoms with Gasteiger partial charge in [0.2, 0.25) is 0 Å². The summed E-state index contributed by atoms with van der Waals surface area (Å²) in [6.45, 7) is 6.94. The Morgan fingerprint density at radius 2 is 1.58 bits per heavy atom. The lowest BCUT2D eigenvalue weighted by atomic mass is 9.77. The molecule has 0 radical (unpaired) electrons. The number of rotatable bonds is 3. The van der Waals surface area contributed by atoms with Crippen molar-refractivity contribution in [2.24, 2.45) is 5.41 Å². The fourth-order valence-corrected chi connectivity index (χ4v) is 5.24. The molecule has 26 heavy (non-hydrogen) atoms. The molecule has 0 N–H and O–H groups in total. The van der Waals surface area contributed by atoms with Crippen molar-refractivity contribution in [1.82, 2.24) is 0 Å². The van der Waals surface area contributed by atoms with Crippen molar-refractivity contribution < 1.29 is 0 Å². The molecule has 4 rings (SSSR count). The highest BCUT2D eigenvalue weighted by Crippen LogP contribution is 2.43. The fourth-order valence-electron chi connectivity index (χ4n) is 5.24. The van der Waals surface area contributed by atoms with E-state index in [4.69, 9.17) is 0 Å². The molecule has 0 nitrogen and oxygen atoms in total. The summed E-state index contributed by atoms with van der Waals surface area (Å²) in [5, 5.41) is 0. The molecule has 2 aliphatic rings. The molecular formula is C26H32. The van der Waals surface area contributed by atoms with E-state index in [9.17, 15) is 0 Å². The Morgan fingerprint density at radius 3 is 2.27 bits per heavy atom. The molecule has 0 atom stereocenters. The van der Waals surface area contributed by atoms with Crippen LogP contribution < -0.4 is 0 Å². The first-order chi connectivity index (χ1) is 12.5. The van der Waals surface area contributed by atoms with Crippen LogP contribution in [0.3, 0.4) is 0 Å². The van der Waals surface area contributed by atoms with Crippen molar-refractivity contribution in [2.75, 3.05) is 0 Å². The summed E-state index contributed by atoms with van der Waals surface area (Å²) in [6.07, 6.45) is 13.5. The van der Waals surface area contributed by atoms with E-state index in [0.717, 1.165) is 6.42 Å². The summed E-state index contributed by atoms with van der Waals surface area (Å²) in [5.41, 5.74) is 10.7. The van der Waals surface area contributed by atoms with Crippen LogP contribution >= 0.6 is 0 Å². The molecule has 0 amide bonds. The van der Waals surface area contributed by atoms with Crippen molar-refractivity contribution in [3.63, 3.8) is 0 Å². The zero-order chi connectivity index (χ0) is 18.1. The molecular weight excluding hydrogens is 312 g/mol. The maximum Gasteiger partial charge on any atom is -0.00574 e. The summed E-state index contributed by atoms with van der Waals surface area (Å²) in [4.78, 5) is 0. The maximum atomic E-state index is 2.53. The molecule has 2 aromatic rings. The first-order valence-corrected chi connectivity index (χ1v) is 10.4. The van der Waals surface area contributed by atoms with Crippen LogP contribution in [0, 0.1) is 19.3 Å². The van der Waals surface area contributed by atoms with Crippen molar-refractivity contribution >= 4 is 6.08 Å². The molecule has 0 aromatic heterocycles. The van der Waals surface area contributed by atoms with Crippen LogP contribution in [0.2, 0.25) is 0 Å². The Morgan fingerprint density at radius 1 is 0.885 bits per heavy atom. The second-order valence-electron chi connectivity index (χ2n) is 9.14. The van der Waals surface area contributed by atoms with E-state index in [1.807, 2.05) is 0 Å². The first kappa shape index (κ1) is 17.6. The van der Waals surface area contributed by atoms with Crippen molar-refractivity contribution in [1.29, 1.82) is 0 Å². The lowest BCUT2D eigenvalue weighted by Gasteiger charge is -2.28. The van der Waals surface area contributed by atoms with Crippen molar-refractivity contribution in [3.8, 4) is 11.1 Å². The molecule has 0 heteroatoms. The third kappa shape index (κ3) is 3.65. The summed E-state index contributed by atoms with van der Waals surface area (Å²) in [7, 11) is 0. The van der Waals surface area contributed by atoms with Gasteiger partial charge in [0.1, 0.15) is 0 Å². The molecule has 136 valence electrons. The van der Waals surface area contributed by atoms with Gasteiger partial charge in [0, 0.05) is 0 Å². The molecule has 2 aliphatic carbocycles. The minimum Gasteiger partial charge on any atom is -0.0646 e. The Kier molecular flexibility index (Phi) is 4.78. The third-order valence-corrected chi connectivity index (χ3v) is 6.46. The predicted molar refractivity (Wildman–Crippen MR) is 113 cm³/mol. The van der Waals surface area contributed by atoms with Crippen LogP contribution in [-0.2, 0) is 6.42 Å². The highest BCUT2D eigenvalue weighted by atomic mass is 14.3. The standard InChI is InChI=1S/C26H32/c1-19-13-20(2)15-23(14-19)24-10-8-9-22-16-21(17-25(22)24)18-26(3)11-6-4-5-7-12-26/h8-10,13-15,17H,4-7,11-12,16,18H2,1-3H3. The zero-order valence-corrected chi connectivity index (χ0v) is 16.7. The lowest BCUT2D eigenvalue weighted by molar-refractivity contribution is 0.274. The molecule has 0 bridgehead atoms. The first-order valence-electron chi connectivity index (χ1n) is 10.4. The number of aryl methyl sites for hydroxylation is 2. The van der Waals surface area contributed by atoms with Crippen molar-refractivity contribution in [3.05, 3.63) is 64.2 Å². The van der Waals surface area contributed by atoms with Crippen LogP contribution in [-0.4, -0.2) is 0 Å². The molecule has 0 heterocycles. The number of hydrogen-bond donors (Lipinski definition) is 0. The van der Waals surface area contributed by atoms with E-state index in [1.54, 1.807) is 5.57 Å². The molecule has 1 fully saturated rings. The van der Waals surface area contributed by atoms with Gasteiger partial charge in [-0.15, -0.1) is 0 Å². The quantitative estimate of drug-likeness (QED) is 0.501. The smallest absolute Gasteiger partial charge is 0.00574 e. The Hall–Kier alpha value is -1.82. The Balaban J connectivity index is 1.64. The van der Waals surface area contributed by atoms with Gasteiger partial charge in [-0.2, -0.15) is 0 Å². The van der Waals surface area contributed by atoms with E-state index in [0.29, 0.717) is 5.41 Å². The molecule has 2 aromatic carbocycles. The van der Waals surface area contributed by atoms with E-state index < -0.39 is 0 Å². The molecule has 1 saturated carbocycles. The molecule has 0 aliphatic heterocycles. The van der Waals surface area contributed by atoms with E-state index in [-0.39, 0.29) is 0 Å². The van der Waals surface area contributed by atoms with Crippen LogP contribution in [0.5, 0.6) is 0 Å². The summed E-state index contributed by atoms with van der Waals surface area (Å²) in [5.74, 6) is 0. The van der Waals surface area contributed by atoms with Crippen LogP contribution in [0.25, 0.3) is 17.2 Å². The van der Waals surface area contributed by atoms with Gasteiger partial charge in [0.05, 0.1) is 0 Å². The van der Waals surface area contributed by atoms with Gasteiger partial charge in [-0.25, -0.2) is 0 Å². The highest BCUT2D eigenvalue weighted by molar-refractivity contribution is 5.81. The maximum absolute atomic E-state index is 2.53. The summed E-state index contributed by atoms with van der Waals surface area (Å²) in [6, 6.07) is 13.8. The fraction of sp³-hybridized carbons (Fsp3) is 0.462. The number of fused-ring (bicyclic) bond motifs is 1. The van der Waals surface area contributed by atoms with Crippen LogP contribution in [0.4, 0.5) is 0 Å². The minimum absolute atomic E-state index is 0.518. The van der Waals surface area contributed by atoms with E-state index >= 15 is 0 Å². The van der Waals surface area contributed by atoms with Gasteiger partial charge in [0.15, 0.2) is 0 Å². The SMILES string of the molecule is Cc1cc(C)cc(-c2cccc3c2C=C(CC2(C)CCCCCC2)C3)c1. The Labute approximate surface area is 159 Å². The average molecular weight is 345 g/mol. The lowest BCUT2D eigenvalue weighted by Crippen LogP contribution is -2.16. The molecule has 0 saturated heterocycles. The van der Waals surface area contributed by atoms with Gasteiger partial charge >= 0.3 is 0 Å². The molecule has 0 spiro atoms. The van der Waals surface area contributed by atoms with E-state index in [1.165, 1.54) is 78.3 Å². The van der Waals surface area contributed by atoms with Crippen LogP contribution in [0.15, 0.2) is 42.0 Å². The second kappa shape index (κ2) is 7.06. The average Bonchev–Trinajstić information content (AvgIpc) is 2.86. The number of benzene rings is 2. The monoisotopic (exact) mass is 344 g/mol. The second-order valence-corrected chi connectivity index (χ2v) is 9.14. The number of hydrogen-bond acceptors (Lipinski definition) is 0.